The number of aryl methyl sites for hydroxylation is 1. The van der Waals surface area contributed by atoms with Gasteiger partial charge in [0.1, 0.15) is 0 Å². The molecule has 24 heavy (non-hydrogen) atoms. The third-order valence-corrected chi connectivity index (χ3v) is 4.26. The van der Waals surface area contributed by atoms with Crippen LogP contribution >= 0.6 is 0 Å². The molecule has 0 spiro atoms. The Labute approximate surface area is 145 Å². The lowest BCUT2D eigenvalue weighted by molar-refractivity contribution is 0.0941. The molecule has 4 nitrogen and oxygen atoms in total. The van der Waals surface area contributed by atoms with Crippen molar-refractivity contribution in [2.75, 3.05) is 39.6 Å². The molecule has 1 atom stereocenters. The summed E-state index contributed by atoms with van der Waals surface area (Å²) in [6, 6.07) is 16.3. The highest BCUT2D eigenvalue weighted by atomic mass is 16.1. The molecule has 1 amide bonds. The second-order valence-electron chi connectivity index (χ2n) is 6.49. The van der Waals surface area contributed by atoms with E-state index in [0.717, 1.165) is 11.1 Å². The summed E-state index contributed by atoms with van der Waals surface area (Å²) in [5, 5.41) is 3.07. The molecule has 0 heterocycles. The van der Waals surface area contributed by atoms with Crippen LogP contribution < -0.4 is 10.2 Å². The molecule has 0 aliphatic heterocycles. The molecule has 0 unspecified atom stereocenters. The molecule has 2 aromatic carbocycles. The number of rotatable bonds is 6. The SMILES string of the molecule is Cc1ccccc1C(=O)NC[C@@H](c1ccc(N(C)C)cc1)N(C)C. The summed E-state index contributed by atoms with van der Waals surface area (Å²) in [4.78, 5) is 16.6. The minimum Gasteiger partial charge on any atom is -0.378 e. The van der Waals surface area contributed by atoms with Crippen molar-refractivity contribution in [3.05, 3.63) is 65.2 Å². The molecule has 4 heteroatoms. The first kappa shape index (κ1) is 18.0. The van der Waals surface area contributed by atoms with Gasteiger partial charge in [0.25, 0.3) is 5.91 Å². The Morgan fingerprint density at radius 1 is 1.00 bits per heavy atom. The van der Waals surface area contributed by atoms with Crippen molar-refractivity contribution < 1.29 is 4.79 Å². The number of likely N-dealkylation sites (N-methyl/N-ethyl adjacent to an activating group) is 1. The molecule has 0 radical (unpaired) electrons. The standard InChI is InChI=1S/C20H27N3O/c1-15-8-6-7-9-18(15)20(24)21-14-19(23(4)5)16-10-12-17(13-11-16)22(2)3/h6-13,19H,14H2,1-5H3,(H,21,24)/t19-/m0/s1. The van der Waals surface area contributed by atoms with Crippen LogP contribution in [0.5, 0.6) is 0 Å². The predicted octanol–water partition coefficient (Wildman–Crippen LogP) is 3.09. The Balaban J connectivity index is 2.09. The van der Waals surface area contributed by atoms with E-state index < -0.39 is 0 Å². The van der Waals surface area contributed by atoms with Crippen LogP contribution in [0.2, 0.25) is 0 Å². The largest absolute Gasteiger partial charge is 0.378 e. The van der Waals surface area contributed by atoms with Crippen LogP contribution in [0.3, 0.4) is 0 Å². The molecule has 1 N–H and O–H groups in total. The average Bonchev–Trinajstić information content (AvgIpc) is 2.55. The van der Waals surface area contributed by atoms with E-state index in [-0.39, 0.29) is 11.9 Å². The molecule has 0 saturated heterocycles. The van der Waals surface area contributed by atoms with Gasteiger partial charge in [-0.2, -0.15) is 0 Å². The maximum absolute atomic E-state index is 12.4. The van der Waals surface area contributed by atoms with Gasteiger partial charge < -0.3 is 15.1 Å². The molecule has 2 rings (SSSR count). The highest BCUT2D eigenvalue weighted by molar-refractivity contribution is 5.95. The van der Waals surface area contributed by atoms with E-state index in [9.17, 15) is 4.79 Å². The number of amides is 1. The molecule has 0 saturated carbocycles. The molecule has 0 fully saturated rings. The molecule has 0 aliphatic carbocycles. The minimum absolute atomic E-state index is 0.0233. The summed E-state index contributed by atoms with van der Waals surface area (Å²) >= 11 is 0. The number of hydrogen-bond acceptors (Lipinski definition) is 3. The smallest absolute Gasteiger partial charge is 0.251 e. The number of carbonyl (C=O) groups is 1. The zero-order valence-electron chi connectivity index (χ0n) is 15.2. The predicted molar refractivity (Wildman–Crippen MR) is 101 cm³/mol. The topological polar surface area (TPSA) is 35.6 Å². The van der Waals surface area contributed by atoms with Crippen LogP contribution in [0.1, 0.15) is 27.5 Å². The molecule has 0 aliphatic rings. The number of benzene rings is 2. The maximum Gasteiger partial charge on any atom is 0.251 e. The Morgan fingerprint density at radius 3 is 2.17 bits per heavy atom. The van der Waals surface area contributed by atoms with E-state index in [1.807, 2.05) is 59.4 Å². The number of nitrogens with zero attached hydrogens (tertiary/aromatic N) is 2. The maximum atomic E-state index is 12.4. The summed E-state index contributed by atoms with van der Waals surface area (Å²) in [5.41, 5.74) is 4.08. The van der Waals surface area contributed by atoms with Gasteiger partial charge in [-0.05, 0) is 50.3 Å². The number of nitrogens with one attached hydrogen (secondary N) is 1. The first-order valence-corrected chi connectivity index (χ1v) is 8.17. The van der Waals surface area contributed by atoms with Gasteiger partial charge in [0.05, 0.1) is 6.04 Å². The van der Waals surface area contributed by atoms with Gasteiger partial charge in [0, 0.05) is 31.9 Å². The first-order chi connectivity index (χ1) is 11.4. The summed E-state index contributed by atoms with van der Waals surface area (Å²) < 4.78 is 0. The zero-order chi connectivity index (χ0) is 17.7. The number of carbonyl (C=O) groups excluding carboxylic acids is 1. The van der Waals surface area contributed by atoms with Crippen molar-refractivity contribution in [3.8, 4) is 0 Å². The fourth-order valence-corrected chi connectivity index (χ4v) is 2.71. The van der Waals surface area contributed by atoms with Crippen LogP contribution in [0.15, 0.2) is 48.5 Å². The van der Waals surface area contributed by atoms with Crippen LogP contribution in [-0.2, 0) is 0 Å². The first-order valence-electron chi connectivity index (χ1n) is 8.17. The van der Waals surface area contributed by atoms with Gasteiger partial charge >= 0.3 is 0 Å². The van der Waals surface area contributed by atoms with Crippen molar-refractivity contribution in [2.24, 2.45) is 0 Å². The van der Waals surface area contributed by atoms with E-state index in [1.54, 1.807) is 0 Å². The molecule has 0 aromatic heterocycles. The Kier molecular flexibility index (Phi) is 5.99. The van der Waals surface area contributed by atoms with Crippen LogP contribution in [-0.4, -0.2) is 45.5 Å². The van der Waals surface area contributed by atoms with E-state index >= 15 is 0 Å². The van der Waals surface area contributed by atoms with Crippen molar-refractivity contribution in [3.63, 3.8) is 0 Å². The Morgan fingerprint density at radius 2 is 1.62 bits per heavy atom. The minimum atomic E-state index is -0.0233. The van der Waals surface area contributed by atoms with Crippen molar-refractivity contribution in [2.45, 2.75) is 13.0 Å². The average molecular weight is 325 g/mol. The van der Waals surface area contributed by atoms with Crippen molar-refractivity contribution in [1.29, 1.82) is 0 Å². The molecule has 2 aromatic rings. The molecule has 128 valence electrons. The third-order valence-electron chi connectivity index (χ3n) is 4.26. The second kappa shape index (κ2) is 7.97. The number of anilines is 1. The van der Waals surface area contributed by atoms with Gasteiger partial charge in [-0.15, -0.1) is 0 Å². The number of hydrogen-bond donors (Lipinski definition) is 1. The summed E-state index contributed by atoms with van der Waals surface area (Å²) in [6.07, 6.45) is 0. The van der Waals surface area contributed by atoms with Gasteiger partial charge in [-0.3, -0.25) is 4.79 Å². The fourth-order valence-electron chi connectivity index (χ4n) is 2.71. The lowest BCUT2D eigenvalue weighted by atomic mass is 10.0. The van der Waals surface area contributed by atoms with Gasteiger partial charge in [-0.25, -0.2) is 0 Å². The molecular formula is C20H27N3O. The van der Waals surface area contributed by atoms with Gasteiger partial charge in [0.2, 0.25) is 0 Å². The lowest BCUT2D eigenvalue weighted by Gasteiger charge is -2.26. The van der Waals surface area contributed by atoms with Crippen LogP contribution in [0.25, 0.3) is 0 Å². The second-order valence-corrected chi connectivity index (χ2v) is 6.49. The van der Waals surface area contributed by atoms with Crippen molar-refractivity contribution in [1.82, 2.24) is 10.2 Å². The zero-order valence-corrected chi connectivity index (χ0v) is 15.2. The Hall–Kier alpha value is -2.33. The Bertz CT molecular complexity index is 678. The molecule has 0 bridgehead atoms. The summed E-state index contributed by atoms with van der Waals surface area (Å²) in [5.74, 6) is -0.0233. The quantitative estimate of drug-likeness (QED) is 0.886. The summed E-state index contributed by atoms with van der Waals surface area (Å²) in [6.45, 7) is 2.53. The normalized spacial score (nSPS) is 12.1. The third kappa shape index (κ3) is 4.36. The van der Waals surface area contributed by atoms with Gasteiger partial charge in [0.15, 0.2) is 0 Å². The van der Waals surface area contributed by atoms with E-state index in [2.05, 4.69) is 39.4 Å². The monoisotopic (exact) mass is 325 g/mol. The molecular weight excluding hydrogens is 298 g/mol. The van der Waals surface area contributed by atoms with Crippen LogP contribution in [0, 0.1) is 6.92 Å². The van der Waals surface area contributed by atoms with E-state index in [0.29, 0.717) is 6.54 Å². The van der Waals surface area contributed by atoms with E-state index in [1.165, 1.54) is 11.3 Å². The van der Waals surface area contributed by atoms with Gasteiger partial charge in [-0.1, -0.05) is 30.3 Å². The lowest BCUT2D eigenvalue weighted by Crippen LogP contribution is -2.34. The van der Waals surface area contributed by atoms with E-state index in [4.69, 9.17) is 0 Å². The van der Waals surface area contributed by atoms with Crippen LogP contribution in [0.4, 0.5) is 5.69 Å². The fraction of sp³-hybridized carbons (Fsp3) is 0.350. The highest BCUT2D eigenvalue weighted by Crippen LogP contribution is 2.21. The van der Waals surface area contributed by atoms with Crippen molar-refractivity contribution >= 4 is 11.6 Å². The summed E-state index contributed by atoms with van der Waals surface area (Å²) in [7, 11) is 8.12. The highest BCUT2D eigenvalue weighted by Gasteiger charge is 2.16.